The molecule has 1 aliphatic heterocycles. The molecule has 1 heterocycles. The Morgan fingerprint density at radius 1 is 1.33 bits per heavy atom. The molecule has 1 aromatic carbocycles. The van der Waals surface area contributed by atoms with Gasteiger partial charge in [0.2, 0.25) is 0 Å². The quantitative estimate of drug-likeness (QED) is 0.873. The minimum Gasteiger partial charge on any atom is -0.506 e. The Balaban J connectivity index is 2.24. The van der Waals surface area contributed by atoms with Crippen molar-refractivity contribution >= 4 is 21.9 Å². The maximum atomic E-state index is 11.4. The number of hydrogen-bond acceptors (Lipinski definition) is 4. The van der Waals surface area contributed by atoms with Crippen molar-refractivity contribution in [2.45, 2.75) is 18.3 Å². The summed E-state index contributed by atoms with van der Waals surface area (Å²) in [6.07, 6.45) is 1.00. The lowest BCUT2D eigenvalue weighted by Gasteiger charge is -2.25. The zero-order chi connectivity index (χ0) is 12.9. The van der Waals surface area contributed by atoms with Gasteiger partial charge in [-0.1, -0.05) is 0 Å². The van der Waals surface area contributed by atoms with Crippen LogP contribution in [0.15, 0.2) is 10.5 Å². The maximum absolute atomic E-state index is 11.4. The van der Waals surface area contributed by atoms with Crippen LogP contribution >= 0.6 is 15.9 Å². The van der Waals surface area contributed by atoms with Crippen LogP contribution in [0.3, 0.4) is 0 Å². The Morgan fingerprint density at radius 3 is 2.61 bits per heavy atom. The SMILES string of the molecule is O=C(O)C1(c2c(O)c(Br)cc3c2OCCO3)CC1. The molecule has 1 aromatic rings. The number of benzene rings is 1. The van der Waals surface area contributed by atoms with Crippen LogP contribution in [0.4, 0.5) is 0 Å². The summed E-state index contributed by atoms with van der Waals surface area (Å²) in [5.41, 5.74) is -0.697. The van der Waals surface area contributed by atoms with Crippen molar-refractivity contribution in [3.8, 4) is 17.2 Å². The third-order valence-electron chi connectivity index (χ3n) is 3.40. The van der Waals surface area contributed by atoms with Gasteiger partial charge in [-0.15, -0.1) is 0 Å². The van der Waals surface area contributed by atoms with Crippen molar-refractivity contribution in [3.63, 3.8) is 0 Å². The van der Waals surface area contributed by atoms with Gasteiger partial charge in [0.15, 0.2) is 11.5 Å². The molecule has 96 valence electrons. The Bertz CT molecular complexity index is 536. The molecular weight excluding hydrogens is 304 g/mol. The number of rotatable bonds is 2. The predicted octanol–water partition coefficient (Wildman–Crippen LogP) is 2.04. The van der Waals surface area contributed by atoms with E-state index in [1.165, 1.54) is 0 Å². The van der Waals surface area contributed by atoms with Gasteiger partial charge in [-0.3, -0.25) is 4.79 Å². The minimum atomic E-state index is -1.03. The number of carboxylic acid groups (broad SMARTS) is 1. The smallest absolute Gasteiger partial charge is 0.314 e. The van der Waals surface area contributed by atoms with E-state index in [0.717, 1.165) is 0 Å². The molecule has 0 bridgehead atoms. The van der Waals surface area contributed by atoms with E-state index in [9.17, 15) is 15.0 Å². The molecule has 0 amide bonds. The van der Waals surface area contributed by atoms with Crippen molar-refractivity contribution < 1.29 is 24.5 Å². The standard InChI is InChI=1S/C12H11BrO5/c13-6-5-7-10(18-4-3-17-7)8(9(6)14)12(1-2-12)11(15)16/h5,14H,1-4H2,(H,15,16). The number of hydrogen-bond donors (Lipinski definition) is 2. The second-order valence-electron chi connectivity index (χ2n) is 4.49. The molecule has 0 saturated heterocycles. The van der Waals surface area contributed by atoms with E-state index in [1.54, 1.807) is 6.07 Å². The maximum Gasteiger partial charge on any atom is 0.314 e. The summed E-state index contributed by atoms with van der Waals surface area (Å²) in [5.74, 6) is -0.165. The minimum absolute atomic E-state index is 0.0702. The van der Waals surface area contributed by atoms with E-state index < -0.39 is 11.4 Å². The van der Waals surface area contributed by atoms with Crippen molar-refractivity contribution in [2.75, 3.05) is 13.2 Å². The summed E-state index contributed by atoms with van der Waals surface area (Å²) in [6, 6.07) is 1.60. The van der Waals surface area contributed by atoms with Crippen LogP contribution in [-0.2, 0) is 10.2 Å². The van der Waals surface area contributed by atoms with Gasteiger partial charge < -0.3 is 19.7 Å². The second-order valence-corrected chi connectivity index (χ2v) is 5.35. The molecule has 2 aliphatic rings. The molecule has 0 atom stereocenters. The molecule has 0 unspecified atom stereocenters. The number of fused-ring (bicyclic) bond motifs is 1. The Kier molecular flexibility index (Phi) is 2.45. The zero-order valence-electron chi connectivity index (χ0n) is 9.40. The lowest BCUT2D eigenvalue weighted by atomic mass is 9.93. The predicted molar refractivity (Wildman–Crippen MR) is 65.3 cm³/mol. The first-order chi connectivity index (χ1) is 8.56. The number of phenolic OH excluding ortho intramolecular Hbond substituents is 1. The summed E-state index contributed by atoms with van der Waals surface area (Å²) in [7, 11) is 0. The van der Waals surface area contributed by atoms with Gasteiger partial charge >= 0.3 is 5.97 Å². The number of halogens is 1. The summed E-state index contributed by atoms with van der Waals surface area (Å²) >= 11 is 3.22. The fraction of sp³-hybridized carbons (Fsp3) is 0.417. The van der Waals surface area contributed by atoms with Crippen LogP contribution in [-0.4, -0.2) is 29.4 Å². The van der Waals surface area contributed by atoms with E-state index in [4.69, 9.17) is 9.47 Å². The molecule has 3 rings (SSSR count). The largest absolute Gasteiger partial charge is 0.506 e. The van der Waals surface area contributed by atoms with E-state index in [-0.39, 0.29) is 5.75 Å². The Hall–Kier alpha value is -1.43. The van der Waals surface area contributed by atoms with Crippen LogP contribution in [0.2, 0.25) is 0 Å². The van der Waals surface area contributed by atoms with Crippen molar-refractivity contribution in [3.05, 3.63) is 16.1 Å². The highest BCUT2D eigenvalue weighted by atomic mass is 79.9. The fourth-order valence-corrected chi connectivity index (χ4v) is 2.69. The summed E-state index contributed by atoms with van der Waals surface area (Å²) in [5, 5.41) is 19.5. The first-order valence-corrected chi connectivity index (χ1v) is 6.40. The van der Waals surface area contributed by atoms with Gasteiger partial charge in [-0.05, 0) is 28.8 Å². The Labute approximate surface area is 111 Å². The molecule has 1 fully saturated rings. The third-order valence-corrected chi connectivity index (χ3v) is 4.00. The van der Waals surface area contributed by atoms with Crippen molar-refractivity contribution in [2.24, 2.45) is 0 Å². The number of carboxylic acids is 1. The lowest BCUT2D eigenvalue weighted by molar-refractivity contribution is -0.140. The average Bonchev–Trinajstić information content (AvgIpc) is 3.12. The van der Waals surface area contributed by atoms with Gasteiger partial charge in [-0.25, -0.2) is 0 Å². The first-order valence-electron chi connectivity index (χ1n) is 5.61. The second kappa shape index (κ2) is 3.78. The number of ether oxygens (including phenoxy) is 2. The van der Waals surface area contributed by atoms with Crippen LogP contribution < -0.4 is 9.47 Å². The molecule has 6 heteroatoms. The number of carbonyl (C=O) groups is 1. The molecule has 0 radical (unpaired) electrons. The number of aromatic hydroxyl groups is 1. The average molecular weight is 315 g/mol. The van der Waals surface area contributed by atoms with Gasteiger partial charge in [0, 0.05) is 6.07 Å². The van der Waals surface area contributed by atoms with Crippen molar-refractivity contribution in [1.82, 2.24) is 0 Å². The lowest BCUT2D eigenvalue weighted by Crippen LogP contribution is -2.24. The molecule has 18 heavy (non-hydrogen) atoms. The molecule has 2 N–H and O–H groups in total. The van der Waals surface area contributed by atoms with Gasteiger partial charge in [0.05, 0.1) is 10.0 Å². The Morgan fingerprint density at radius 2 is 2.00 bits per heavy atom. The van der Waals surface area contributed by atoms with Gasteiger partial charge in [-0.2, -0.15) is 0 Å². The van der Waals surface area contributed by atoms with Gasteiger partial charge in [0.1, 0.15) is 24.4 Å². The normalized spacial score (nSPS) is 19.4. The van der Waals surface area contributed by atoms with Crippen LogP contribution in [0.5, 0.6) is 17.2 Å². The topological polar surface area (TPSA) is 76.0 Å². The molecule has 0 aromatic heterocycles. The van der Waals surface area contributed by atoms with Crippen molar-refractivity contribution in [1.29, 1.82) is 0 Å². The van der Waals surface area contributed by atoms with Crippen LogP contribution in [0.25, 0.3) is 0 Å². The highest BCUT2D eigenvalue weighted by Gasteiger charge is 2.56. The van der Waals surface area contributed by atoms with Gasteiger partial charge in [0.25, 0.3) is 0 Å². The van der Waals surface area contributed by atoms with E-state index in [2.05, 4.69) is 15.9 Å². The summed E-state index contributed by atoms with van der Waals surface area (Å²) in [4.78, 5) is 11.4. The highest BCUT2D eigenvalue weighted by Crippen LogP contribution is 2.58. The van der Waals surface area contributed by atoms with E-state index in [0.29, 0.717) is 47.6 Å². The van der Waals surface area contributed by atoms with E-state index >= 15 is 0 Å². The monoisotopic (exact) mass is 314 g/mol. The number of aliphatic carboxylic acids is 1. The highest BCUT2D eigenvalue weighted by molar-refractivity contribution is 9.10. The van der Waals surface area contributed by atoms with Crippen LogP contribution in [0, 0.1) is 0 Å². The van der Waals surface area contributed by atoms with Crippen LogP contribution in [0.1, 0.15) is 18.4 Å². The summed E-state index contributed by atoms with van der Waals surface area (Å²) in [6.45, 7) is 0.778. The molecule has 1 saturated carbocycles. The first kappa shape index (κ1) is 11.6. The number of phenols is 1. The fourth-order valence-electron chi connectivity index (χ4n) is 2.28. The molecule has 5 nitrogen and oxygen atoms in total. The summed E-state index contributed by atoms with van der Waals surface area (Å²) < 4.78 is 11.4. The molecule has 0 spiro atoms. The molecular formula is C12H11BrO5. The molecule has 1 aliphatic carbocycles. The zero-order valence-corrected chi connectivity index (χ0v) is 11.0. The third kappa shape index (κ3) is 1.48. The van der Waals surface area contributed by atoms with E-state index in [1.807, 2.05) is 0 Å².